The Labute approximate surface area is 211 Å². The molecule has 0 saturated heterocycles. The molecule has 3 N–H and O–H groups in total. The van der Waals surface area contributed by atoms with Crippen LogP contribution in [0.25, 0.3) is 0 Å². The van der Waals surface area contributed by atoms with Crippen molar-refractivity contribution in [3.05, 3.63) is 12.3 Å². The minimum atomic E-state index is -1.60. The second-order valence-electron chi connectivity index (χ2n) is 11.1. The Morgan fingerprint density at radius 3 is 2.25 bits per heavy atom. The van der Waals surface area contributed by atoms with Gasteiger partial charge in [0.2, 0.25) is 11.7 Å². The average molecular weight is 508 g/mol. The SMILES string of the molecule is Cn1ccc(NC(=O)C(=O)C2(NC(=O)[C@H](CC3(F)CCCC3)NC(=O)OC(C)(C)C)CCCCC2)n1. The molecule has 2 aliphatic carbocycles. The lowest BCUT2D eigenvalue weighted by Crippen LogP contribution is -2.63. The van der Waals surface area contributed by atoms with Gasteiger partial charge in [0.05, 0.1) is 0 Å². The fourth-order valence-corrected chi connectivity index (χ4v) is 5.00. The lowest BCUT2D eigenvalue weighted by molar-refractivity contribution is -0.142. The number of alkyl carbamates (subject to hydrolysis) is 1. The number of carbonyl (C=O) groups is 4. The molecule has 0 bridgehead atoms. The molecule has 1 aromatic heterocycles. The largest absolute Gasteiger partial charge is 0.444 e. The van der Waals surface area contributed by atoms with E-state index in [0.717, 1.165) is 6.42 Å². The van der Waals surface area contributed by atoms with Crippen molar-refractivity contribution in [1.82, 2.24) is 20.4 Å². The van der Waals surface area contributed by atoms with Crippen LogP contribution in [0.1, 0.15) is 85.0 Å². The molecule has 36 heavy (non-hydrogen) atoms. The molecule has 0 radical (unpaired) electrons. The third-order valence-corrected chi connectivity index (χ3v) is 6.74. The molecule has 2 fully saturated rings. The summed E-state index contributed by atoms with van der Waals surface area (Å²) in [6, 6.07) is 0.300. The summed E-state index contributed by atoms with van der Waals surface area (Å²) in [7, 11) is 1.68. The van der Waals surface area contributed by atoms with Crippen molar-refractivity contribution in [2.45, 2.75) is 108 Å². The third kappa shape index (κ3) is 7.27. The predicted octanol–water partition coefficient (Wildman–Crippen LogP) is 3.31. The Balaban J connectivity index is 1.79. The van der Waals surface area contributed by atoms with Crippen molar-refractivity contribution < 1.29 is 28.3 Å². The minimum Gasteiger partial charge on any atom is -0.444 e. The second-order valence-corrected chi connectivity index (χ2v) is 11.1. The van der Waals surface area contributed by atoms with Crippen LogP contribution in [0.4, 0.5) is 15.0 Å². The van der Waals surface area contributed by atoms with Crippen LogP contribution in [0.2, 0.25) is 0 Å². The van der Waals surface area contributed by atoms with E-state index in [9.17, 15) is 19.2 Å². The number of amides is 3. The van der Waals surface area contributed by atoms with E-state index in [1.165, 1.54) is 4.68 Å². The summed E-state index contributed by atoms with van der Waals surface area (Å²) in [5.74, 6) is -2.15. The number of ether oxygens (including phenoxy) is 1. The van der Waals surface area contributed by atoms with Gasteiger partial charge in [-0.2, -0.15) is 5.10 Å². The van der Waals surface area contributed by atoms with Gasteiger partial charge in [-0.05, 0) is 46.5 Å². The van der Waals surface area contributed by atoms with Crippen LogP contribution in [0.15, 0.2) is 12.3 Å². The van der Waals surface area contributed by atoms with Crippen molar-refractivity contribution in [1.29, 1.82) is 0 Å². The zero-order valence-electron chi connectivity index (χ0n) is 21.6. The van der Waals surface area contributed by atoms with Gasteiger partial charge in [-0.1, -0.05) is 32.1 Å². The molecule has 1 heterocycles. The maximum absolute atomic E-state index is 15.4. The number of nitrogens with one attached hydrogen (secondary N) is 3. The first-order chi connectivity index (χ1) is 16.8. The maximum atomic E-state index is 15.4. The summed E-state index contributed by atoms with van der Waals surface area (Å²) in [5.41, 5.74) is -3.85. The highest BCUT2D eigenvalue weighted by molar-refractivity contribution is 6.43. The first kappa shape index (κ1) is 27.6. The molecule has 2 aliphatic rings. The van der Waals surface area contributed by atoms with Crippen LogP contribution < -0.4 is 16.0 Å². The van der Waals surface area contributed by atoms with Gasteiger partial charge in [-0.3, -0.25) is 19.1 Å². The summed E-state index contributed by atoms with van der Waals surface area (Å²) in [5, 5.41) is 11.8. The van der Waals surface area contributed by atoms with Gasteiger partial charge in [0, 0.05) is 25.7 Å². The number of ketones is 1. The molecule has 0 aromatic carbocycles. The molecule has 2 saturated carbocycles. The Kier molecular flexibility index (Phi) is 8.40. The first-order valence-corrected chi connectivity index (χ1v) is 12.7. The molecule has 11 heteroatoms. The van der Waals surface area contributed by atoms with E-state index in [1.54, 1.807) is 40.1 Å². The molecule has 0 spiro atoms. The zero-order chi connectivity index (χ0) is 26.6. The van der Waals surface area contributed by atoms with E-state index >= 15 is 4.39 Å². The second kappa shape index (κ2) is 11.0. The number of rotatable bonds is 8. The van der Waals surface area contributed by atoms with Crippen LogP contribution in [0, 0.1) is 0 Å². The normalized spacial score (nSPS) is 19.7. The number of aromatic nitrogens is 2. The highest BCUT2D eigenvalue weighted by Gasteiger charge is 2.47. The Bertz CT molecular complexity index is 974. The molecule has 10 nitrogen and oxygen atoms in total. The summed E-state index contributed by atoms with van der Waals surface area (Å²) in [6.45, 7) is 5.06. The number of hydrogen-bond donors (Lipinski definition) is 3. The number of halogens is 1. The van der Waals surface area contributed by atoms with Crippen LogP contribution in [-0.4, -0.2) is 56.3 Å². The number of hydrogen-bond acceptors (Lipinski definition) is 6. The van der Waals surface area contributed by atoms with E-state index < -0.39 is 46.5 Å². The first-order valence-electron chi connectivity index (χ1n) is 12.7. The molecule has 200 valence electrons. The molecule has 3 rings (SSSR count). The fourth-order valence-electron chi connectivity index (χ4n) is 5.00. The van der Waals surface area contributed by atoms with Gasteiger partial charge in [0.1, 0.15) is 22.9 Å². The topological polar surface area (TPSA) is 131 Å². The van der Waals surface area contributed by atoms with E-state index in [4.69, 9.17) is 4.74 Å². The lowest BCUT2D eigenvalue weighted by atomic mass is 9.77. The van der Waals surface area contributed by atoms with Gasteiger partial charge >= 0.3 is 6.09 Å². The summed E-state index contributed by atoms with van der Waals surface area (Å²) in [4.78, 5) is 52.2. The van der Waals surface area contributed by atoms with E-state index in [2.05, 4.69) is 21.0 Å². The number of carbonyl (C=O) groups excluding carboxylic acids is 4. The summed E-state index contributed by atoms with van der Waals surface area (Å²) >= 11 is 0. The van der Waals surface area contributed by atoms with E-state index in [0.29, 0.717) is 38.5 Å². The fraction of sp³-hybridized carbons (Fsp3) is 0.720. The van der Waals surface area contributed by atoms with Crippen LogP contribution >= 0.6 is 0 Å². The number of alkyl halides is 1. The Morgan fingerprint density at radius 2 is 1.69 bits per heavy atom. The highest BCUT2D eigenvalue weighted by atomic mass is 19.1. The zero-order valence-corrected chi connectivity index (χ0v) is 21.6. The van der Waals surface area contributed by atoms with E-state index in [1.807, 2.05) is 0 Å². The highest BCUT2D eigenvalue weighted by Crippen LogP contribution is 2.37. The molecular weight excluding hydrogens is 469 g/mol. The van der Waals surface area contributed by atoms with Gasteiger partial charge in [-0.15, -0.1) is 0 Å². The van der Waals surface area contributed by atoms with Crippen molar-refractivity contribution in [3.63, 3.8) is 0 Å². The number of Topliss-reactive ketones (excluding diaryl/α,β-unsaturated/α-hetero) is 1. The molecule has 3 amide bonds. The van der Waals surface area contributed by atoms with E-state index in [-0.39, 0.29) is 25.1 Å². The number of anilines is 1. The van der Waals surface area contributed by atoms with Crippen LogP contribution in [0.3, 0.4) is 0 Å². The van der Waals surface area contributed by atoms with Crippen molar-refractivity contribution in [3.8, 4) is 0 Å². The quantitative estimate of drug-likeness (QED) is 0.463. The molecule has 1 aromatic rings. The molecular formula is C25H38FN5O5. The Hall–Kier alpha value is -2.98. The smallest absolute Gasteiger partial charge is 0.408 e. The van der Waals surface area contributed by atoms with Crippen molar-refractivity contribution in [2.75, 3.05) is 5.32 Å². The Morgan fingerprint density at radius 1 is 1.08 bits per heavy atom. The standard InChI is InChI=1S/C25H38FN5O5/c1-23(2,3)36-22(35)27-17(16-24(26)11-8-9-12-24)20(33)29-25(13-6-5-7-14-25)19(32)21(34)28-18-10-15-31(4)30-18/h10,15,17H,5-9,11-14,16H2,1-4H3,(H,27,35)(H,29,33)(H,28,30,34)/t17-/m0/s1. The summed E-state index contributed by atoms with van der Waals surface area (Å²) in [6.07, 6.45) is 5.22. The number of aryl methyl sites for hydroxylation is 1. The molecule has 0 aliphatic heterocycles. The van der Waals surface area contributed by atoms with Gasteiger partial charge in [-0.25, -0.2) is 9.18 Å². The molecule has 0 unspecified atom stereocenters. The summed E-state index contributed by atoms with van der Waals surface area (Å²) < 4.78 is 22.2. The lowest BCUT2D eigenvalue weighted by Gasteiger charge is -2.37. The van der Waals surface area contributed by atoms with Crippen molar-refractivity contribution in [2.24, 2.45) is 7.05 Å². The molecule has 1 atom stereocenters. The third-order valence-electron chi connectivity index (χ3n) is 6.74. The van der Waals surface area contributed by atoms with Gasteiger partial charge < -0.3 is 20.7 Å². The van der Waals surface area contributed by atoms with Crippen LogP contribution in [-0.2, 0) is 26.2 Å². The maximum Gasteiger partial charge on any atom is 0.408 e. The van der Waals surface area contributed by atoms with Gasteiger partial charge in [0.15, 0.2) is 5.82 Å². The predicted molar refractivity (Wildman–Crippen MR) is 131 cm³/mol. The average Bonchev–Trinajstić information content (AvgIpc) is 3.39. The minimum absolute atomic E-state index is 0.221. The monoisotopic (exact) mass is 507 g/mol. The van der Waals surface area contributed by atoms with Crippen molar-refractivity contribution >= 4 is 29.5 Å². The van der Waals surface area contributed by atoms with Gasteiger partial charge in [0.25, 0.3) is 5.91 Å². The number of nitrogens with zero attached hydrogens (tertiary/aromatic N) is 2. The van der Waals surface area contributed by atoms with Crippen LogP contribution in [0.5, 0.6) is 0 Å².